The standard InChI is InChI=1S/C13H18Cl2N2OS/c1-2-5-16-13(18)17-6-7-19-9-10-3-4-11(14)8-12(10)15/h3-4,8H,2,5-7,9H2,1H3,(H2,16,17,18). The summed E-state index contributed by atoms with van der Waals surface area (Å²) in [6, 6.07) is 5.40. The molecule has 0 unspecified atom stereocenters. The van der Waals surface area contributed by atoms with Gasteiger partial charge in [-0.15, -0.1) is 0 Å². The van der Waals surface area contributed by atoms with Crippen molar-refractivity contribution in [2.24, 2.45) is 0 Å². The lowest BCUT2D eigenvalue weighted by molar-refractivity contribution is 0.241. The van der Waals surface area contributed by atoms with Crippen LogP contribution >= 0.6 is 35.0 Å². The Morgan fingerprint density at radius 2 is 2.00 bits per heavy atom. The van der Waals surface area contributed by atoms with Crippen molar-refractivity contribution in [2.45, 2.75) is 19.1 Å². The first kappa shape index (κ1) is 16.5. The van der Waals surface area contributed by atoms with Gasteiger partial charge in [0.05, 0.1) is 0 Å². The lowest BCUT2D eigenvalue weighted by Crippen LogP contribution is -2.36. The average molecular weight is 321 g/mol. The molecule has 19 heavy (non-hydrogen) atoms. The van der Waals surface area contributed by atoms with Gasteiger partial charge >= 0.3 is 6.03 Å². The molecule has 3 nitrogen and oxygen atoms in total. The highest BCUT2D eigenvalue weighted by Crippen LogP contribution is 2.24. The molecule has 0 radical (unpaired) electrons. The molecule has 2 N–H and O–H groups in total. The van der Waals surface area contributed by atoms with Crippen molar-refractivity contribution in [3.05, 3.63) is 33.8 Å². The van der Waals surface area contributed by atoms with Crippen molar-refractivity contribution in [1.29, 1.82) is 0 Å². The molecule has 0 saturated carbocycles. The normalized spacial score (nSPS) is 10.3. The van der Waals surface area contributed by atoms with Gasteiger partial charge in [-0.1, -0.05) is 36.2 Å². The molecular formula is C13H18Cl2N2OS. The van der Waals surface area contributed by atoms with Gasteiger partial charge in [0.1, 0.15) is 0 Å². The summed E-state index contributed by atoms with van der Waals surface area (Å²) in [6.45, 7) is 3.37. The molecule has 0 atom stereocenters. The maximum absolute atomic E-state index is 11.3. The molecule has 0 aliphatic rings. The van der Waals surface area contributed by atoms with Crippen LogP contribution in [0.5, 0.6) is 0 Å². The van der Waals surface area contributed by atoms with Crippen LogP contribution in [0.1, 0.15) is 18.9 Å². The van der Waals surface area contributed by atoms with Gasteiger partial charge in [-0.25, -0.2) is 4.79 Å². The number of halogens is 2. The SMILES string of the molecule is CCCNC(=O)NCCSCc1ccc(Cl)cc1Cl. The Morgan fingerprint density at radius 3 is 2.68 bits per heavy atom. The van der Waals surface area contributed by atoms with Gasteiger partial charge in [0.15, 0.2) is 0 Å². The Balaban J connectivity index is 2.15. The van der Waals surface area contributed by atoms with Crippen LogP contribution in [0.25, 0.3) is 0 Å². The minimum atomic E-state index is -0.105. The fourth-order valence-corrected chi connectivity index (χ4v) is 2.78. The zero-order valence-corrected chi connectivity index (χ0v) is 13.2. The Bertz CT molecular complexity index is 416. The molecule has 106 valence electrons. The van der Waals surface area contributed by atoms with Gasteiger partial charge < -0.3 is 10.6 Å². The summed E-state index contributed by atoms with van der Waals surface area (Å²) < 4.78 is 0. The highest BCUT2D eigenvalue weighted by atomic mass is 35.5. The van der Waals surface area contributed by atoms with Crippen molar-refractivity contribution in [3.63, 3.8) is 0 Å². The van der Waals surface area contributed by atoms with Crippen LogP contribution in [0, 0.1) is 0 Å². The van der Waals surface area contributed by atoms with E-state index in [4.69, 9.17) is 23.2 Å². The predicted octanol–water partition coefficient (Wildman–Crippen LogP) is 3.94. The first-order valence-electron chi connectivity index (χ1n) is 6.17. The third kappa shape index (κ3) is 6.95. The summed E-state index contributed by atoms with van der Waals surface area (Å²) in [7, 11) is 0. The maximum atomic E-state index is 11.3. The van der Waals surface area contributed by atoms with E-state index in [0.717, 1.165) is 23.5 Å². The number of thioether (sulfide) groups is 1. The quantitative estimate of drug-likeness (QED) is 0.747. The number of benzene rings is 1. The third-order valence-electron chi connectivity index (χ3n) is 2.34. The topological polar surface area (TPSA) is 41.1 Å². The molecule has 0 aliphatic carbocycles. The number of amides is 2. The zero-order chi connectivity index (χ0) is 14.1. The molecule has 0 aliphatic heterocycles. The molecule has 1 aromatic carbocycles. The monoisotopic (exact) mass is 320 g/mol. The number of nitrogens with one attached hydrogen (secondary N) is 2. The fraction of sp³-hybridized carbons (Fsp3) is 0.462. The first-order chi connectivity index (χ1) is 9.13. The second-order valence-electron chi connectivity index (χ2n) is 3.97. The summed E-state index contributed by atoms with van der Waals surface area (Å²) in [4.78, 5) is 11.3. The molecule has 2 amide bonds. The van der Waals surface area contributed by atoms with Crippen molar-refractivity contribution < 1.29 is 4.79 Å². The van der Waals surface area contributed by atoms with E-state index in [1.54, 1.807) is 17.8 Å². The lowest BCUT2D eigenvalue weighted by atomic mass is 10.2. The molecule has 0 spiro atoms. The second-order valence-corrected chi connectivity index (χ2v) is 5.92. The van der Waals surface area contributed by atoms with E-state index in [0.29, 0.717) is 23.1 Å². The van der Waals surface area contributed by atoms with Gasteiger partial charge in [-0.2, -0.15) is 11.8 Å². The van der Waals surface area contributed by atoms with Crippen molar-refractivity contribution >= 4 is 41.0 Å². The smallest absolute Gasteiger partial charge is 0.314 e. The minimum Gasteiger partial charge on any atom is -0.338 e. The van der Waals surface area contributed by atoms with Crippen LogP contribution in [0.15, 0.2) is 18.2 Å². The summed E-state index contributed by atoms with van der Waals surface area (Å²) in [5.41, 5.74) is 1.06. The molecule has 0 fully saturated rings. The number of carbonyl (C=O) groups is 1. The number of rotatable bonds is 7. The average Bonchev–Trinajstić information content (AvgIpc) is 2.38. The van der Waals surface area contributed by atoms with Crippen LogP contribution in [-0.2, 0) is 5.75 Å². The Labute approximate surface area is 128 Å². The van der Waals surface area contributed by atoms with Crippen LogP contribution in [0.4, 0.5) is 4.79 Å². The zero-order valence-electron chi connectivity index (χ0n) is 10.8. The summed E-state index contributed by atoms with van der Waals surface area (Å²) in [6.07, 6.45) is 0.942. The van der Waals surface area contributed by atoms with E-state index < -0.39 is 0 Å². The summed E-state index contributed by atoms with van der Waals surface area (Å²) in [5, 5.41) is 6.90. The molecule has 0 saturated heterocycles. The van der Waals surface area contributed by atoms with Crippen LogP contribution in [-0.4, -0.2) is 24.9 Å². The van der Waals surface area contributed by atoms with E-state index in [1.165, 1.54) is 0 Å². The number of hydrogen-bond donors (Lipinski definition) is 2. The van der Waals surface area contributed by atoms with E-state index in [9.17, 15) is 4.79 Å². The van der Waals surface area contributed by atoms with Gasteiger partial charge in [-0.3, -0.25) is 0 Å². The molecule has 0 aromatic heterocycles. The molecular weight excluding hydrogens is 303 g/mol. The minimum absolute atomic E-state index is 0.105. The molecule has 1 rings (SSSR count). The van der Waals surface area contributed by atoms with E-state index in [1.807, 2.05) is 19.1 Å². The van der Waals surface area contributed by atoms with Crippen LogP contribution in [0.2, 0.25) is 10.0 Å². The number of carbonyl (C=O) groups excluding carboxylic acids is 1. The lowest BCUT2D eigenvalue weighted by Gasteiger charge is -2.07. The maximum Gasteiger partial charge on any atom is 0.314 e. The number of hydrogen-bond acceptors (Lipinski definition) is 2. The summed E-state index contributed by atoms with van der Waals surface area (Å²) in [5.74, 6) is 1.66. The van der Waals surface area contributed by atoms with Crippen LogP contribution < -0.4 is 10.6 Å². The molecule has 6 heteroatoms. The van der Waals surface area contributed by atoms with Gasteiger partial charge in [0.2, 0.25) is 0 Å². The van der Waals surface area contributed by atoms with Crippen molar-refractivity contribution in [2.75, 3.05) is 18.8 Å². The number of urea groups is 1. The van der Waals surface area contributed by atoms with Crippen molar-refractivity contribution in [1.82, 2.24) is 10.6 Å². The van der Waals surface area contributed by atoms with Crippen molar-refractivity contribution in [3.8, 4) is 0 Å². The fourth-order valence-electron chi connectivity index (χ4n) is 1.36. The van der Waals surface area contributed by atoms with Gasteiger partial charge in [-0.05, 0) is 24.1 Å². The van der Waals surface area contributed by atoms with E-state index in [-0.39, 0.29) is 6.03 Å². The van der Waals surface area contributed by atoms with E-state index in [2.05, 4.69) is 10.6 Å². The third-order valence-corrected chi connectivity index (χ3v) is 3.94. The second kappa shape index (κ2) is 9.34. The highest BCUT2D eigenvalue weighted by molar-refractivity contribution is 7.98. The molecule has 1 aromatic rings. The van der Waals surface area contributed by atoms with Gasteiger partial charge in [0, 0.05) is 34.6 Å². The molecule has 0 heterocycles. The predicted molar refractivity (Wildman–Crippen MR) is 84.3 cm³/mol. The highest BCUT2D eigenvalue weighted by Gasteiger charge is 2.02. The largest absolute Gasteiger partial charge is 0.338 e. The van der Waals surface area contributed by atoms with E-state index >= 15 is 0 Å². The Morgan fingerprint density at radius 1 is 1.26 bits per heavy atom. The van der Waals surface area contributed by atoms with Crippen LogP contribution in [0.3, 0.4) is 0 Å². The first-order valence-corrected chi connectivity index (χ1v) is 8.08. The molecule has 0 bridgehead atoms. The Hall–Kier alpha value is -0.580. The summed E-state index contributed by atoms with van der Waals surface area (Å²) >= 11 is 13.6. The Kier molecular flexibility index (Phi) is 8.10. The van der Waals surface area contributed by atoms with Gasteiger partial charge in [0.25, 0.3) is 0 Å².